The van der Waals surface area contributed by atoms with Crippen molar-refractivity contribution in [3.63, 3.8) is 0 Å². The highest BCUT2D eigenvalue weighted by Crippen LogP contribution is 2.48. The van der Waals surface area contributed by atoms with Crippen molar-refractivity contribution >= 4 is 40.7 Å². The molecule has 2 aliphatic rings. The number of rotatable bonds is 7. The predicted molar refractivity (Wildman–Crippen MR) is 138 cm³/mol. The molecule has 1 saturated heterocycles. The zero-order chi connectivity index (χ0) is 26.0. The molecule has 0 radical (unpaired) electrons. The Morgan fingerprint density at radius 2 is 1.67 bits per heavy atom. The summed E-state index contributed by atoms with van der Waals surface area (Å²) in [4.78, 5) is 28.5. The van der Waals surface area contributed by atoms with Gasteiger partial charge in [0.25, 0.3) is 11.7 Å². The lowest BCUT2D eigenvalue weighted by molar-refractivity contribution is -0.141. The SMILES string of the molecule is CCOc1ccc(C2/C(=C(\O)c3cc(Cl)c(OC)c(Cl)c3OC)C(=O)C(=O)N2C2CCCCC2)cc1. The molecule has 192 valence electrons. The number of amides is 1. The van der Waals surface area contributed by atoms with Crippen molar-refractivity contribution in [1.82, 2.24) is 4.90 Å². The minimum atomic E-state index is -0.784. The molecule has 7 nitrogen and oxygen atoms in total. The molecule has 1 heterocycles. The van der Waals surface area contributed by atoms with Crippen LogP contribution in [-0.2, 0) is 9.59 Å². The van der Waals surface area contributed by atoms with Crippen LogP contribution in [0.25, 0.3) is 5.76 Å². The molecule has 4 rings (SSSR count). The van der Waals surface area contributed by atoms with Gasteiger partial charge in [-0.2, -0.15) is 0 Å². The number of nitrogens with zero attached hydrogens (tertiary/aromatic N) is 1. The fraction of sp³-hybridized carbons (Fsp3) is 0.407. The molecule has 9 heteroatoms. The third-order valence-electron chi connectivity index (χ3n) is 6.75. The molecule has 2 aromatic carbocycles. The van der Waals surface area contributed by atoms with Crippen molar-refractivity contribution in [3.05, 3.63) is 57.1 Å². The van der Waals surface area contributed by atoms with E-state index in [0.29, 0.717) is 17.9 Å². The highest BCUT2D eigenvalue weighted by Gasteiger charge is 2.49. The fourth-order valence-electron chi connectivity index (χ4n) is 5.12. The van der Waals surface area contributed by atoms with E-state index >= 15 is 0 Å². The lowest BCUT2D eigenvalue weighted by Crippen LogP contribution is -2.40. The van der Waals surface area contributed by atoms with E-state index in [0.717, 1.165) is 32.1 Å². The molecule has 1 saturated carbocycles. The minimum Gasteiger partial charge on any atom is -0.507 e. The first-order chi connectivity index (χ1) is 17.3. The molecule has 1 aliphatic carbocycles. The van der Waals surface area contributed by atoms with E-state index in [4.69, 9.17) is 37.4 Å². The van der Waals surface area contributed by atoms with Gasteiger partial charge >= 0.3 is 0 Å². The molecule has 2 fully saturated rings. The van der Waals surface area contributed by atoms with E-state index in [9.17, 15) is 14.7 Å². The summed E-state index contributed by atoms with van der Waals surface area (Å²) in [6.07, 6.45) is 4.63. The molecule has 0 bridgehead atoms. The van der Waals surface area contributed by atoms with E-state index in [-0.39, 0.29) is 38.7 Å². The van der Waals surface area contributed by atoms with Gasteiger partial charge in [0.05, 0.1) is 43.0 Å². The van der Waals surface area contributed by atoms with Gasteiger partial charge < -0.3 is 24.2 Å². The van der Waals surface area contributed by atoms with Crippen LogP contribution in [0, 0.1) is 0 Å². The summed E-state index contributed by atoms with van der Waals surface area (Å²) in [5.74, 6) is -0.864. The summed E-state index contributed by atoms with van der Waals surface area (Å²) in [6, 6.07) is 7.74. The van der Waals surface area contributed by atoms with Crippen LogP contribution in [0.3, 0.4) is 0 Å². The summed E-state index contributed by atoms with van der Waals surface area (Å²) < 4.78 is 16.3. The van der Waals surface area contributed by atoms with Crippen LogP contribution in [0.2, 0.25) is 10.0 Å². The molecule has 0 spiro atoms. The zero-order valence-electron chi connectivity index (χ0n) is 20.5. The molecule has 0 aromatic heterocycles. The number of carbonyl (C=O) groups is 2. The Morgan fingerprint density at radius 1 is 1.03 bits per heavy atom. The third kappa shape index (κ3) is 4.62. The Hall–Kier alpha value is -2.90. The topological polar surface area (TPSA) is 85.3 Å². The fourth-order valence-corrected chi connectivity index (χ4v) is 5.80. The summed E-state index contributed by atoms with van der Waals surface area (Å²) in [5.41, 5.74) is 0.755. The highest BCUT2D eigenvalue weighted by molar-refractivity contribution is 6.47. The summed E-state index contributed by atoms with van der Waals surface area (Å²) in [6.45, 7) is 2.41. The summed E-state index contributed by atoms with van der Waals surface area (Å²) >= 11 is 12.8. The standard InChI is InChI=1S/C27H29Cl2NO6/c1-4-36-17-12-10-15(11-13-17)22-20(24(32)27(33)30(22)16-8-6-5-7-9-16)23(31)18-14-19(28)26(35-3)21(29)25(18)34-2/h10-14,16,22,31H,4-9H2,1-3H3/b23-20+. The van der Waals surface area contributed by atoms with Crippen molar-refractivity contribution in [2.24, 2.45) is 0 Å². The quantitative estimate of drug-likeness (QED) is 0.260. The lowest BCUT2D eigenvalue weighted by Gasteiger charge is -2.35. The lowest BCUT2D eigenvalue weighted by atomic mass is 9.91. The Kier molecular flexibility index (Phi) is 8.00. The predicted octanol–water partition coefficient (Wildman–Crippen LogP) is 6.16. The highest BCUT2D eigenvalue weighted by atomic mass is 35.5. The van der Waals surface area contributed by atoms with Crippen LogP contribution >= 0.6 is 23.2 Å². The second-order valence-electron chi connectivity index (χ2n) is 8.79. The van der Waals surface area contributed by atoms with E-state index in [1.54, 1.807) is 17.0 Å². The number of hydrogen-bond donors (Lipinski definition) is 1. The minimum absolute atomic E-state index is 0.0367. The van der Waals surface area contributed by atoms with Gasteiger partial charge in [0.1, 0.15) is 16.5 Å². The van der Waals surface area contributed by atoms with E-state index in [1.807, 2.05) is 19.1 Å². The number of Topliss-reactive ketones (excluding diaryl/α,β-unsaturated/α-hetero) is 1. The molecular formula is C27H29Cl2NO6. The maximum Gasteiger partial charge on any atom is 0.295 e. The maximum atomic E-state index is 13.5. The number of benzene rings is 2. The first kappa shape index (κ1) is 26.2. The van der Waals surface area contributed by atoms with Gasteiger partial charge in [-0.25, -0.2) is 0 Å². The van der Waals surface area contributed by atoms with Gasteiger partial charge in [-0.05, 0) is 43.5 Å². The molecule has 1 N–H and O–H groups in total. The number of aliphatic hydroxyl groups is 1. The molecule has 1 aliphatic heterocycles. The second-order valence-corrected chi connectivity index (χ2v) is 9.57. The molecule has 1 amide bonds. The van der Waals surface area contributed by atoms with Gasteiger partial charge in [-0.3, -0.25) is 9.59 Å². The number of likely N-dealkylation sites (tertiary alicyclic amines) is 1. The van der Waals surface area contributed by atoms with Gasteiger partial charge in [0.15, 0.2) is 11.5 Å². The zero-order valence-corrected chi connectivity index (χ0v) is 22.0. The molecule has 2 aromatic rings. The Labute approximate surface area is 220 Å². The van der Waals surface area contributed by atoms with Crippen molar-refractivity contribution in [2.75, 3.05) is 20.8 Å². The Bertz CT molecular complexity index is 1190. The van der Waals surface area contributed by atoms with Crippen LogP contribution in [0.5, 0.6) is 17.2 Å². The Balaban J connectivity index is 1.92. The number of aliphatic hydroxyl groups excluding tert-OH is 1. The summed E-state index contributed by atoms with van der Waals surface area (Å²) in [5, 5.41) is 11.7. The number of ketones is 1. The number of hydrogen-bond acceptors (Lipinski definition) is 6. The van der Waals surface area contributed by atoms with Crippen molar-refractivity contribution in [1.29, 1.82) is 0 Å². The van der Waals surface area contributed by atoms with Crippen LogP contribution in [0.1, 0.15) is 56.2 Å². The molecular weight excluding hydrogens is 505 g/mol. The number of ether oxygens (including phenoxy) is 3. The number of carbonyl (C=O) groups excluding carboxylic acids is 2. The maximum absolute atomic E-state index is 13.5. The van der Waals surface area contributed by atoms with Crippen LogP contribution in [0.4, 0.5) is 0 Å². The number of methoxy groups -OCH3 is 2. The smallest absolute Gasteiger partial charge is 0.295 e. The van der Waals surface area contributed by atoms with E-state index < -0.39 is 23.5 Å². The molecule has 1 atom stereocenters. The van der Waals surface area contributed by atoms with Crippen molar-refractivity contribution < 1.29 is 28.9 Å². The normalized spacial score (nSPS) is 20.0. The van der Waals surface area contributed by atoms with Gasteiger partial charge in [0.2, 0.25) is 0 Å². The average molecular weight is 534 g/mol. The first-order valence-corrected chi connectivity index (χ1v) is 12.7. The molecule has 1 unspecified atom stereocenters. The Morgan fingerprint density at radius 3 is 2.25 bits per heavy atom. The van der Waals surface area contributed by atoms with Crippen molar-refractivity contribution in [3.8, 4) is 17.2 Å². The second kappa shape index (κ2) is 11.0. The van der Waals surface area contributed by atoms with Gasteiger partial charge in [-0.15, -0.1) is 0 Å². The van der Waals surface area contributed by atoms with Gasteiger partial charge in [0, 0.05) is 6.04 Å². The number of halogens is 2. The summed E-state index contributed by atoms with van der Waals surface area (Å²) in [7, 11) is 2.80. The van der Waals surface area contributed by atoms with E-state index in [2.05, 4.69) is 0 Å². The largest absolute Gasteiger partial charge is 0.507 e. The van der Waals surface area contributed by atoms with Crippen LogP contribution in [0.15, 0.2) is 35.9 Å². The monoisotopic (exact) mass is 533 g/mol. The van der Waals surface area contributed by atoms with Crippen molar-refractivity contribution in [2.45, 2.75) is 51.1 Å². The van der Waals surface area contributed by atoms with Crippen LogP contribution < -0.4 is 14.2 Å². The molecule has 36 heavy (non-hydrogen) atoms. The average Bonchev–Trinajstić information content (AvgIpc) is 3.15. The van der Waals surface area contributed by atoms with Crippen LogP contribution in [-0.4, -0.2) is 48.6 Å². The third-order valence-corrected chi connectivity index (χ3v) is 7.37. The first-order valence-electron chi connectivity index (χ1n) is 12.0. The van der Waals surface area contributed by atoms with Gasteiger partial charge in [-0.1, -0.05) is 54.6 Å². The van der Waals surface area contributed by atoms with E-state index in [1.165, 1.54) is 20.3 Å².